The Balaban J connectivity index is 2.52. The second-order valence-corrected chi connectivity index (χ2v) is 5.06. The molecule has 0 saturated heterocycles. The van der Waals surface area contributed by atoms with E-state index in [1.54, 1.807) is 6.07 Å². The van der Waals surface area contributed by atoms with Gasteiger partial charge in [-0.05, 0) is 31.0 Å². The third kappa shape index (κ3) is 2.85. The van der Waals surface area contributed by atoms with Crippen LogP contribution in [-0.4, -0.2) is 9.97 Å². The molecule has 88 valence electrons. The molecule has 0 aliphatic rings. The fourth-order valence-electron chi connectivity index (χ4n) is 1.51. The van der Waals surface area contributed by atoms with E-state index in [0.29, 0.717) is 11.0 Å². The minimum atomic E-state index is 0.489. The molecule has 0 saturated carbocycles. The Morgan fingerprint density at radius 1 is 1.24 bits per heavy atom. The summed E-state index contributed by atoms with van der Waals surface area (Å²) < 4.78 is 1.05. The zero-order valence-corrected chi connectivity index (χ0v) is 12.0. The molecular formula is C13H12BrClN2. The van der Waals surface area contributed by atoms with Gasteiger partial charge in [-0.1, -0.05) is 46.6 Å². The highest BCUT2D eigenvalue weighted by molar-refractivity contribution is 9.10. The maximum absolute atomic E-state index is 5.99. The van der Waals surface area contributed by atoms with Crippen LogP contribution in [-0.2, 0) is 6.42 Å². The third-order valence-corrected chi connectivity index (χ3v) is 3.59. The van der Waals surface area contributed by atoms with Crippen molar-refractivity contribution in [3.05, 3.63) is 45.1 Å². The van der Waals surface area contributed by atoms with Crippen molar-refractivity contribution < 1.29 is 0 Å². The zero-order valence-electron chi connectivity index (χ0n) is 9.67. The predicted molar refractivity (Wildman–Crippen MR) is 74.3 cm³/mol. The molecule has 0 aliphatic heterocycles. The molecule has 4 heteroatoms. The summed E-state index contributed by atoms with van der Waals surface area (Å²) in [5.74, 6) is 0.676. The third-order valence-electron chi connectivity index (χ3n) is 2.54. The zero-order chi connectivity index (χ0) is 12.4. The van der Waals surface area contributed by atoms with Crippen LogP contribution in [0.3, 0.4) is 0 Å². The van der Waals surface area contributed by atoms with Crippen LogP contribution in [0.2, 0.25) is 5.15 Å². The van der Waals surface area contributed by atoms with Crippen LogP contribution in [0.5, 0.6) is 0 Å². The lowest BCUT2D eigenvalue weighted by Crippen LogP contribution is -1.95. The molecule has 17 heavy (non-hydrogen) atoms. The molecule has 0 spiro atoms. The van der Waals surface area contributed by atoms with Crippen molar-refractivity contribution in [2.45, 2.75) is 20.3 Å². The monoisotopic (exact) mass is 310 g/mol. The SMILES string of the molecule is CCc1cc(Cl)nc(-c2ccc(C)c(Br)c2)n1. The van der Waals surface area contributed by atoms with Crippen LogP contribution >= 0.6 is 27.5 Å². The van der Waals surface area contributed by atoms with Gasteiger partial charge in [0.25, 0.3) is 0 Å². The molecule has 0 radical (unpaired) electrons. The summed E-state index contributed by atoms with van der Waals surface area (Å²) in [6.45, 7) is 4.09. The molecule has 0 bridgehead atoms. The average molecular weight is 312 g/mol. The number of aryl methyl sites for hydroxylation is 2. The number of hydrogen-bond donors (Lipinski definition) is 0. The Morgan fingerprint density at radius 3 is 2.65 bits per heavy atom. The molecule has 0 amide bonds. The van der Waals surface area contributed by atoms with Crippen LogP contribution in [0.25, 0.3) is 11.4 Å². The molecule has 0 N–H and O–H groups in total. The molecule has 0 fully saturated rings. The van der Waals surface area contributed by atoms with Gasteiger partial charge < -0.3 is 0 Å². The van der Waals surface area contributed by atoms with E-state index >= 15 is 0 Å². The molecule has 1 heterocycles. The van der Waals surface area contributed by atoms with Gasteiger partial charge in [-0.15, -0.1) is 0 Å². The van der Waals surface area contributed by atoms with Gasteiger partial charge >= 0.3 is 0 Å². The number of hydrogen-bond acceptors (Lipinski definition) is 2. The summed E-state index contributed by atoms with van der Waals surface area (Å²) in [5.41, 5.74) is 3.11. The van der Waals surface area contributed by atoms with Crippen LogP contribution in [0.1, 0.15) is 18.2 Å². The maximum atomic E-state index is 5.99. The Hall–Kier alpha value is -0.930. The lowest BCUT2D eigenvalue weighted by atomic mass is 10.1. The second-order valence-electron chi connectivity index (χ2n) is 3.82. The minimum Gasteiger partial charge on any atom is -0.233 e. The van der Waals surface area contributed by atoms with E-state index < -0.39 is 0 Å². The number of rotatable bonds is 2. The molecule has 2 aromatic rings. The van der Waals surface area contributed by atoms with E-state index in [2.05, 4.69) is 25.9 Å². The van der Waals surface area contributed by atoms with Crippen molar-refractivity contribution in [1.29, 1.82) is 0 Å². The van der Waals surface area contributed by atoms with Crippen LogP contribution in [0.4, 0.5) is 0 Å². The van der Waals surface area contributed by atoms with Crippen molar-refractivity contribution in [3.8, 4) is 11.4 Å². The standard InChI is InChI=1S/C13H12BrClN2/c1-3-10-7-12(15)17-13(16-10)9-5-4-8(2)11(14)6-9/h4-7H,3H2,1-2H3. The highest BCUT2D eigenvalue weighted by Crippen LogP contribution is 2.24. The first-order valence-corrected chi connectivity index (χ1v) is 6.57. The number of nitrogens with zero attached hydrogens (tertiary/aromatic N) is 2. The molecule has 0 unspecified atom stereocenters. The maximum Gasteiger partial charge on any atom is 0.161 e. The van der Waals surface area contributed by atoms with Crippen LogP contribution in [0.15, 0.2) is 28.7 Å². The van der Waals surface area contributed by atoms with E-state index in [4.69, 9.17) is 11.6 Å². The van der Waals surface area contributed by atoms with E-state index in [9.17, 15) is 0 Å². The van der Waals surface area contributed by atoms with Gasteiger partial charge in [-0.2, -0.15) is 0 Å². The molecule has 0 aliphatic carbocycles. The van der Waals surface area contributed by atoms with Gasteiger partial charge in [-0.3, -0.25) is 0 Å². The first-order chi connectivity index (χ1) is 8.10. The van der Waals surface area contributed by atoms with Crippen molar-refractivity contribution in [1.82, 2.24) is 9.97 Å². The van der Waals surface area contributed by atoms with Gasteiger partial charge in [0.15, 0.2) is 5.82 Å². The summed E-state index contributed by atoms with van der Waals surface area (Å²) in [6, 6.07) is 7.86. The Morgan fingerprint density at radius 2 is 2.00 bits per heavy atom. The second kappa shape index (κ2) is 5.15. The summed E-state index contributed by atoms with van der Waals surface area (Å²) in [4.78, 5) is 8.73. The lowest BCUT2D eigenvalue weighted by molar-refractivity contribution is 1.00. The molecule has 2 nitrogen and oxygen atoms in total. The van der Waals surface area contributed by atoms with Gasteiger partial charge in [0.2, 0.25) is 0 Å². The molecule has 1 aromatic carbocycles. The summed E-state index contributed by atoms with van der Waals surface area (Å²) in [6.07, 6.45) is 0.849. The summed E-state index contributed by atoms with van der Waals surface area (Å²) in [5, 5.41) is 0.489. The quantitative estimate of drug-likeness (QED) is 0.767. The lowest BCUT2D eigenvalue weighted by Gasteiger charge is -2.05. The van der Waals surface area contributed by atoms with Crippen molar-refractivity contribution in [2.24, 2.45) is 0 Å². The van der Waals surface area contributed by atoms with Crippen molar-refractivity contribution in [2.75, 3.05) is 0 Å². The number of aromatic nitrogens is 2. The largest absolute Gasteiger partial charge is 0.233 e. The first kappa shape index (κ1) is 12.5. The molecule has 0 atom stereocenters. The van der Waals surface area contributed by atoms with Crippen molar-refractivity contribution in [3.63, 3.8) is 0 Å². The minimum absolute atomic E-state index is 0.489. The summed E-state index contributed by atoms with van der Waals surface area (Å²) >= 11 is 9.50. The Labute approximate surface area is 114 Å². The van der Waals surface area contributed by atoms with Gasteiger partial charge in [0, 0.05) is 15.7 Å². The predicted octanol–water partition coefficient (Wildman–Crippen LogP) is 4.43. The topological polar surface area (TPSA) is 25.8 Å². The summed E-state index contributed by atoms with van der Waals surface area (Å²) in [7, 11) is 0. The van der Waals surface area contributed by atoms with Gasteiger partial charge in [-0.25, -0.2) is 9.97 Å². The van der Waals surface area contributed by atoms with E-state index in [0.717, 1.165) is 22.2 Å². The molecular weight excluding hydrogens is 300 g/mol. The number of halogens is 2. The highest BCUT2D eigenvalue weighted by atomic mass is 79.9. The average Bonchev–Trinajstić information content (AvgIpc) is 2.32. The fraction of sp³-hybridized carbons (Fsp3) is 0.231. The van der Waals surface area contributed by atoms with Crippen LogP contribution < -0.4 is 0 Å². The Kier molecular flexibility index (Phi) is 3.79. The first-order valence-electron chi connectivity index (χ1n) is 5.40. The molecule has 1 aromatic heterocycles. The molecule has 2 rings (SSSR count). The van der Waals surface area contributed by atoms with Gasteiger partial charge in [0.05, 0.1) is 0 Å². The van der Waals surface area contributed by atoms with Crippen LogP contribution in [0, 0.1) is 6.92 Å². The van der Waals surface area contributed by atoms with Gasteiger partial charge in [0.1, 0.15) is 5.15 Å². The van der Waals surface area contributed by atoms with Crippen molar-refractivity contribution >= 4 is 27.5 Å². The highest BCUT2D eigenvalue weighted by Gasteiger charge is 2.06. The fourth-order valence-corrected chi connectivity index (χ4v) is 2.09. The van der Waals surface area contributed by atoms with E-state index in [1.807, 2.05) is 32.0 Å². The van der Waals surface area contributed by atoms with E-state index in [1.165, 1.54) is 5.56 Å². The Bertz CT molecular complexity index is 555. The number of benzene rings is 1. The smallest absolute Gasteiger partial charge is 0.161 e. The normalized spacial score (nSPS) is 10.6. The van der Waals surface area contributed by atoms with E-state index in [-0.39, 0.29) is 0 Å².